The molecule has 2 N–H and O–H groups in total. The van der Waals surface area contributed by atoms with Crippen LogP contribution in [0.3, 0.4) is 0 Å². The molecule has 0 atom stereocenters. The summed E-state index contributed by atoms with van der Waals surface area (Å²) in [5, 5.41) is 4.86. The van der Waals surface area contributed by atoms with E-state index in [4.69, 9.17) is 4.74 Å². The van der Waals surface area contributed by atoms with Crippen molar-refractivity contribution in [1.82, 2.24) is 5.32 Å². The van der Waals surface area contributed by atoms with Gasteiger partial charge in [0, 0.05) is 25.2 Å². The SMILES string of the molecule is CC(C)(C)OC(=O)NCCNc1c(F)cc(F)cc1F. The molecule has 1 amide bonds. The number of anilines is 1. The Labute approximate surface area is 115 Å². The van der Waals surface area contributed by atoms with Gasteiger partial charge in [-0.1, -0.05) is 0 Å². The summed E-state index contributed by atoms with van der Waals surface area (Å²) in [5.74, 6) is -3.04. The Balaban J connectivity index is 2.41. The van der Waals surface area contributed by atoms with Crippen molar-refractivity contribution in [2.75, 3.05) is 18.4 Å². The molecule has 1 aromatic carbocycles. The molecule has 0 aromatic heterocycles. The van der Waals surface area contributed by atoms with Crippen LogP contribution in [0.25, 0.3) is 0 Å². The number of hydrogen-bond donors (Lipinski definition) is 2. The van der Waals surface area contributed by atoms with E-state index in [0.29, 0.717) is 12.1 Å². The molecule has 1 aromatic rings. The van der Waals surface area contributed by atoms with E-state index < -0.39 is 34.8 Å². The highest BCUT2D eigenvalue weighted by molar-refractivity contribution is 5.67. The number of carbonyl (C=O) groups is 1. The van der Waals surface area contributed by atoms with Gasteiger partial charge in [-0.3, -0.25) is 0 Å². The summed E-state index contributed by atoms with van der Waals surface area (Å²) < 4.78 is 44.2. The Kier molecular flexibility index (Phi) is 5.24. The van der Waals surface area contributed by atoms with Crippen LogP contribution in [0.2, 0.25) is 0 Å². The first-order valence-electron chi connectivity index (χ1n) is 6.04. The predicted molar refractivity (Wildman–Crippen MR) is 69.0 cm³/mol. The van der Waals surface area contributed by atoms with E-state index >= 15 is 0 Å². The van der Waals surface area contributed by atoms with Crippen molar-refractivity contribution in [3.05, 3.63) is 29.6 Å². The van der Waals surface area contributed by atoms with Crippen molar-refractivity contribution in [2.45, 2.75) is 26.4 Å². The highest BCUT2D eigenvalue weighted by Crippen LogP contribution is 2.19. The van der Waals surface area contributed by atoms with Gasteiger partial charge in [0.2, 0.25) is 0 Å². The van der Waals surface area contributed by atoms with Gasteiger partial charge in [0.05, 0.1) is 0 Å². The zero-order chi connectivity index (χ0) is 15.3. The molecule has 1 rings (SSSR count). The van der Waals surface area contributed by atoms with Crippen LogP contribution in [0.4, 0.5) is 23.7 Å². The van der Waals surface area contributed by atoms with Crippen LogP contribution in [-0.4, -0.2) is 24.8 Å². The largest absolute Gasteiger partial charge is 0.444 e. The van der Waals surface area contributed by atoms with Gasteiger partial charge in [-0.05, 0) is 20.8 Å². The van der Waals surface area contributed by atoms with Gasteiger partial charge in [0.25, 0.3) is 0 Å². The molecule has 0 spiro atoms. The van der Waals surface area contributed by atoms with Gasteiger partial charge < -0.3 is 15.4 Å². The summed E-state index contributed by atoms with van der Waals surface area (Å²) >= 11 is 0. The van der Waals surface area contributed by atoms with Crippen molar-refractivity contribution in [1.29, 1.82) is 0 Å². The third kappa shape index (κ3) is 5.38. The van der Waals surface area contributed by atoms with Crippen molar-refractivity contribution in [3.8, 4) is 0 Å². The molecule has 20 heavy (non-hydrogen) atoms. The molecule has 112 valence electrons. The zero-order valence-electron chi connectivity index (χ0n) is 11.5. The van der Waals surface area contributed by atoms with Crippen LogP contribution in [-0.2, 0) is 4.74 Å². The lowest BCUT2D eigenvalue weighted by Gasteiger charge is -2.19. The number of carbonyl (C=O) groups excluding carboxylic acids is 1. The van der Waals surface area contributed by atoms with E-state index in [-0.39, 0.29) is 13.1 Å². The van der Waals surface area contributed by atoms with Gasteiger partial charge in [-0.15, -0.1) is 0 Å². The van der Waals surface area contributed by atoms with Gasteiger partial charge in [0.1, 0.15) is 17.1 Å². The summed E-state index contributed by atoms with van der Waals surface area (Å²) in [6.07, 6.45) is -0.626. The Morgan fingerprint density at radius 1 is 1.15 bits per heavy atom. The average molecular weight is 290 g/mol. The number of ether oxygens (including phenoxy) is 1. The van der Waals surface area contributed by atoms with Crippen LogP contribution in [0, 0.1) is 17.5 Å². The summed E-state index contributed by atoms with van der Waals surface area (Å²) in [6.45, 7) is 5.32. The first kappa shape index (κ1) is 16.1. The predicted octanol–water partition coefficient (Wildman–Crippen LogP) is 3.04. The lowest BCUT2D eigenvalue weighted by Crippen LogP contribution is -2.35. The Hall–Kier alpha value is -1.92. The smallest absolute Gasteiger partial charge is 0.407 e. The number of amides is 1. The van der Waals surface area contributed by atoms with Gasteiger partial charge >= 0.3 is 6.09 Å². The second-order valence-electron chi connectivity index (χ2n) is 5.10. The Morgan fingerprint density at radius 3 is 2.20 bits per heavy atom. The van der Waals surface area contributed by atoms with E-state index in [2.05, 4.69) is 10.6 Å². The zero-order valence-corrected chi connectivity index (χ0v) is 11.5. The number of rotatable bonds is 4. The molecule has 0 heterocycles. The van der Waals surface area contributed by atoms with Crippen molar-refractivity contribution >= 4 is 11.8 Å². The highest BCUT2D eigenvalue weighted by Gasteiger charge is 2.15. The molecule has 0 aliphatic carbocycles. The minimum absolute atomic E-state index is 0.0682. The standard InChI is InChI=1S/C13H17F3N2O2/c1-13(2,3)20-12(19)18-5-4-17-11-9(15)6-8(14)7-10(11)16/h6-7,17H,4-5H2,1-3H3,(H,18,19). The Bertz CT molecular complexity index is 464. The molecule has 0 fully saturated rings. The quantitative estimate of drug-likeness (QED) is 0.838. The fraction of sp³-hybridized carbons (Fsp3) is 0.462. The Morgan fingerprint density at radius 2 is 1.70 bits per heavy atom. The lowest BCUT2D eigenvalue weighted by molar-refractivity contribution is 0.0530. The van der Waals surface area contributed by atoms with Gasteiger partial charge in [-0.2, -0.15) is 0 Å². The van der Waals surface area contributed by atoms with E-state index in [1.807, 2.05) is 0 Å². The van der Waals surface area contributed by atoms with Crippen LogP contribution < -0.4 is 10.6 Å². The van der Waals surface area contributed by atoms with Crippen LogP contribution in [0.1, 0.15) is 20.8 Å². The van der Waals surface area contributed by atoms with E-state index in [0.717, 1.165) is 0 Å². The number of benzene rings is 1. The fourth-order valence-electron chi connectivity index (χ4n) is 1.38. The maximum Gasteiger partial charge on any atom is 0.407 e. The molecular formula is C13H17F3N2O2. The first-order chi connectivity index (χ1) is 9.19. The van der Waals surface area contributed by atoms with Gasteiger partial charge in [0.15, 0.2) is 11.6 Å². The van der Waals surface area contributed by atoms with E-state index in [9.17, 15) is 18.0 Å². The van der Waals surface area contributed by atoms with Gasteiger partial charge in [-0.25, -0.2) is 18.0 Å². The molecule has 7 heteroatoms. The highest BCUT2D eigenvalue weighted by atomic mass is 19.1. The van der Waals surface area contributed by atoms with Crippen molar-refractivity contribution in [3.63, 3.8) is 0 Å². The molecular weight excluding hydrogens is 273 g/mol. The van der Waals surface area contributed by atoms with Crippen LogP contribution >= 0.6 is 0 Å². The number of alkyl carbamates (subject to hydrolysis) is 1. The molecule has 0 unspecified atom stereocenters. The lowest BCUT2D eigenvalue weighted by atomic mass is 10.2. The van der Waals surface area contributed by atoms with Crippen molar-refractivity contribution in [2.24, 2.45) is 0 Å². The van der Waals surface area contributed by atoms with E-state index in [1.54, 1.807) is 20.8 Å². The molecule has 0 saturated heterocycles. The summed E-state index contributed by atoms with van der Waals surface area (Å²) in [4.78, 5) is 11.3. The maximum atomic E-state index is 13.3. The minimum atomic E-state index is -1.03. The van der Waals surface area contributed by atoms with E-state index in [1.165, 1.54) is 0 Å². The second-order valence-corrected chi connectivity index (χ2v) is 5.10. The molecule has 0 saturated carbocycles. The average Bonchev–Trinajstić information content (AvgIpc) is 2.23. The topological polar surface area (TPSA) is 50.4 Å². The summed E-state index contributed by atoms with van der Waals surface area (Å²) in [5.41, 5.74) is -1.05. The molecule has 0 aliphatic rings. The number of halogens is 3. The van der Waals surface area contributed by atoms with Crippen LogP contribution in [0.5, 0.6) is 0 Å². The summed E-state index contributed by atoms with van der Waals surface area (Å²) in [6, 6.07) is 1.15. The monoisotopic (exact) mass is 290 g/mol. The third-order valence-corrected chi connectivity index (χ3v) is 2.10. The third-order valence-electron chi connectivity index (χ3n) is 2.10. The molecule has 0 bridgehead atoms. The fourth-order valence-corrected chi connectivity index (χ4v) is 1.38. The minimum Gasteiger partial charge on any atom is -0.444 e. The van der Waals surface area contributed by atoms with Crippen LogP contribution in [0.15, 0.2) is 12.1 Å². The normalized spacial score (nSPS) is 11.1. The number of nitrogens with one attached hydrogen (secondary N) is 2. The summed E-state index contributed by atoms with van der Waals surface area (Å²) in [7, 11) is 0. The van der Waals surface area contributed by atoms with Crippen molar-refractivity contribution < 1.29 is 22.7 Å². The molecule has 0 aliphatic heterocycles. The second kappa shape index (κ2) is 6.49. The molecule has 4 nitrogen and oxygen atoms in total. The molecule has 0 radical (unpaired) electrons. The maximum absolute atomic E-state index is 13.3. The number of hydrogen-bond acceptors (Lipinski definition) is 3. The first-order valence-corrected chi connectivity index (χ1v) is 6.04.